The molecule has 0 bridgehead atoms. The molecule has 0 unspecified atom stereocenters. The smallest absolute Gasteiger partial charge is 0.266 e. The molecule has 1 aromatic carbocycles. The van der Waals surface area contributed by atoms with Gasteiger partial charge in [-0.2, -0.15) is 0 Å². The van der Waals surface area contributed by atoms with E-state index in [1.54, 1.807) is 4.90 Å². The van der Waals surface area contributed by atoms with Crippen LogP contribution in [0.5, 0.6) is 0 Å². The Labute approximate surface area is 131 Å². The number of halogens is 1. The van der Waals surface area contributed by atoms with Crippen molar-refractivity contribution in [2.24, 2.45) is 0 Å². The van der Waals surface area contributed by atoms with E-state index in [4.69, 9.17) is 5.73 Å². The lowest BCUT2D eigenvalue weighted by atomic mass is 9.99. The third-order valence-electron chi connectivity index (χ3n) is 3.96. The van der Waals surface area contributed by atoms with Crippen LogP contribution in [-0.2, 0) is 0 Å². The second-order valence-electron chi connectivity index (χ2n) is 5.52. The summed E-state index contributed by atoms with van der Waals surface area (Å²) in [5.41, 5.74) is 6.57. The predicted molar refractivity (Wildman–Crippen MR) is 90.4 cm³/mol. The Morgan fingerprint density at radius 1 is 1.45 bits per heavy atom. The summed E-state index contributed by atoms with van der Waals surface area (Å²) in [6.07, 6.45) is 0.894. The first kappa shape index (κ1) is 15.3. The lowest BCUT2D eigenvalue weighted by Crippen LogP contribution is -2.44. The molecule has 2 N–H and O–H groups in total. The number of hydrogen-bond acceptors (Lipinski definition) is 3. The number of carbonyl (C=O) groups excluding carboxylic acids is 1. The van der Waals surface area contributed by atoms with E-state index in [9.17, 15) is 4.79 Å². The third-order valence-corrected chi connectivity index (χ3v) is 5.63. The molecule has 2 rings (SSSR count). The van der Waals surface area contributed by atoms with E-state index in [0.29, 0.717) is 10.6 Å². The number of rotatable bonds is 3. The molecule has 5 heteroatoms. The second-order valence-corrected chi connectivity index (χ2v) is 7.48. The van der Waals surface area contributed by atoms with Crippen LogP contribution in [0, 0.1) is 0 Å². The zero-order valence-corrected chi connectivity index (χ0v) is 14.6. The fourth-order valence-electron chi connectivity index (χ4n) is 1.91. The number of hydrogen-bond donors (Lipinski definition) is 1. The number of carbonyl (C=O) groups is 1. The number of thiophene rings is 1. The van der Waals surface area contributed by atoms with Gasteiger partial charge in [-0.15, -0.1) is 11.3 Å². The van der Waals surface area contributed by atoms with Gasteiger partial charge in [-0.1, -0.05) is 22.9 Å². The van der Waals surface area contributed by atoms with Gasteiger partial charge in [0.05, 0.1) is 5.69 Å². The van der Waals surface area contributed by atoms with E-state index in [1.165, 1.54) is 11.3 Å². The molecule has 0 fully saturated rings. The zero-order chi connectivity index (χ0) is 15.1. The van der Waals surface area contributed by atoms with Crippen molar-refractivity contribution in [1.29, 1.82) is 0 Å². The summed E-state index contributed by atoms with van der Waals surface area (Å²) in [4.78, 5) is 15.1. The third kappa shape index (κ3) is 2.56. The number of amides is 1. The van der Waals surface area contributed by atoms with Crippen molar-refractivity contribution >= 4 is 48.9 Å². The van der Waals surface area contributed by atoms with Crippen LogP contribution in [0.15, 0.2) is 22.7 Å². The van der Waals surface area contributed by atoms with E-state index in [1.807, 2.05) is 25.2 Å². The Kier molecular flexibility index (Phi) is 4.12. The van der Waals surface area contributed by atoms with Crippen molar-refractivity contribution in [2.75, 3.05) is 12.8 Å². The Morgan fingerprint density at radius 2 is 2.10 bits per heavy atom. The normalized spacial score (nSPS) is 11.8. The van der Waals surface area contributed by atoms with E-state index >= 15 is 0 Å². The van der Waals surface area contributed by atoms with Crippen LogP contribution in [0.4, 0.5) is 5.69 Å². The fourth-order valence-corrected chi connectivity index (χ4v) is 3.35. The number of nitrogens with two attached hydrogens (primary N) is 1. The lowest BCUT2D eigenvalue weighted by Gasteiger charge is -2.34. The molecular weight excluding hydrogens is 336 g/mol. The summed E-state index contributed by atoms with van der Waals surface area (Å²) in [5.74, 6) is -0.00771. The van der Waals surface area contributed by atoms with Gasteiger partial charge in [0, 0.05) is 27.1 Å². The van der Waals surface area contributed by atoms with Gasteiger partial charge in [-0.3, -0.25) is 4.79 Å². The maximum atomic E-state index is 12.7. The summed E-state index contributed by atoms with van der Waals surface area (Å²) in [7, 11) is 1.84. The molecule has 0 radical (unpaired) electrons. The van der Waals surface area contributed by atoms with Crippen LogP contribution < -0.4 is 5.73 Å². The molecule has 3 nitrogen and oxygen atoms in total. The van der Waals surface area contributed by atoms with E-state index < -0.39 is 0 Å². The highest BCUT2D eigenvalue weighted by Gasteiger charge is 2.29. The molecule has 0 atom stereocenters. The van der Waals surface area contributed by atoms with Crippen molar-refractivity contribution in [3.8, 4) is 0 Å². The number of benzene rings is 1. The van der Waals surface area contributed by atoms with Crippen LogP contribution in [-0.4, -0.2) is 23.4 Å². The van der Waals surface area contributed by atoms with Crippen LogP contribution >= 0.6 is 27.3 Å². The number of nitrogens with zero attached hydrogens (tertiary/aromatic N) is 1. The minimum atomic E-state index is -0.180. The van der Waals surface area contributed by atoms with Crippen molar-refractivity contribution in [3.63, 3.8) is 0 Å². The maximum absolute atomic E-state index is 12.7. The first-order valence-electron chi connectivity index (χ1n) is 6.53. The van der Waals surface area contributed by atoms with Gasteiger partial charge in [-0.05, 0) is 38.5 Å². The van der Waals surface area contributed by atoms with E-state index in [2.05, 4.69) is 36.7 Å². The number of nitrogen functional groups attached to an aromatic ring is 1. The zero-order valence-electron chi connectivity index (χ0n) is 12.2. The van der Waals surface area contributed by atoms with Crippen molar-refractivity contribution in [3.05, 3.63) is 27.5 Å². The molecule has 20 heavy (non-hydrogen) atoms. The number of anilines is 1. The molecule has 0 saturated carbocycles. The molecular formula is C15H19BrN2OS. The first-order chi connectivity index (χ1) is 9.27. The molecule has 0 aliphatic rings. The predicted octanol–water partition coefficient (Wildman–Crippen LogP) is 4.51. The summed E-state index contributed by atoms with van der Waals surface area (Å²) in [6.45, 7) is 6.20. The van der Waals surface area contributed by atoms with Gasteiger partial charge in [-0.25, -0.2) is 0 Å². The largest absolute Gasteiger partial charge is 0.397 e. The quantitative estimate of drug-likeness (QED) is 0.881. The molecule has 0 aliphatic heterocycles. The Hall–Kier alpha value is -1.07. The molecule has 1 heterocycles. The minimum absolute atomic E-state index is 0.00771. The first-order valence-corrected chi connectivity index (χ1v) is 8.14. The number of fused-ring (bicyclic) bond motifs is 1. The maximum Gasteiger partial charge on any atom is 0.266 e. The van der Waals surface area contributed by atoms with Crippen molar-refractivity contribution < 1.29 is 4.79 Å². The van der Waals surface area contributed by atoms with Gasteiger partial charge < -0.3 is 10.6 Å². The SMILES string of the molecule is CCC(C)(C)N(C)C(=O)c1sc2ccc(Br)cc2c1N. The molecule has 0 aliphatic carbocycles. The van der Waals surface area contributed by atoms with E-state index in [0.717, 1.165) is 21.0 Å². The molecule has 1 amide bonds. The molecule has 108 valence electrons. The van der Waals surface area contributed by atoms with Crippen molar-refractivity contribution in [2.45, 2.75) is 32.7 Å². The average molecular weight is 355 g/mol. The summed E-state index contributed by atoms with van der Waals surface area (Å²) in [5, 5.41) is 0.940. The topological polar surface area (TPSA) is 46.3 Å². The Morgan fingerprint density at radius 3 is 2.70 bits per heavy atom. The Balaban J connectivity index is 2.48. The van der Waals surface area contributed by atoms with Gasteiger partial charge in [0.15, 0.2) is 0 Å². The standard InChI is InChI=1S/C15H19BrN2OS/c1-5-15(2,3)18(4)14(19)13-12(17)10-8-9(16)6-7-11(10)20-13/h6-8H,5,17H2,1-4H3. The van der Waals surface area contributed by atoms with Crippen LogP contribution in [0.1, 0.15) is 36.9 Å². The highest BCUT2D eigenvalue weighted by Crippen LogP contribution is 2.36. The average Bonchev–Trinajstić information content (AvgIpc) is 2.74. The summed E-state index contributed by atoms with van der Waals surface area (Å²) >= 11 is 4.90. The van der Waals surface area contributed by atoms with E-state index in [-0.39, 0.29) is 11.4 Å². The van der Waals surface area contributed by atoms with Gasteiger partial charge >= 0.3 is 0 Å². The van der Waals surface area contributed by atoms with Crippen LogP contribution in [0.2, 0.25) is 0 Å². The highest BCUT2D eigenvalue weighted by atomic mass is 79.9. The lowest BCUT2D eigenvalue weighted by molar-refractivity contribution is 0.0626. The molecule has 0 spiro atoms. The van der Waals surface area contributed by atoms with Crippen LogP contribution in [0.3, 0.4) is 0 Å². The molecule has 0 saturated heterocycles. The Bertz CT molecular complexity index is 663. The monoisotopic (exact) mass is 354 g/mol. The van der Waals surface area contributed by atoms with Gasteiger partial charge in [0.25, 0.3) is 5.91 Å². The molecule has 2 aromatic rings. The summed E-state index contributed by atoms with van der Waals surface area (Å²) < 4.78 is 2.01. The van der Waals surface area contributed by atoms with Crippen LogP contribution in [0.25, 0.3) is 10.1 Å². The van der Waals surface area contributed by atoms with Gasteiger partial charge in [0.1, 0.15) is 4.88 Å². The second kappa shape index (κ2) is 5.37. The summed E-state index contributed by atoms with van der Waals surface area (Å²) in [6, 6.07) is 5.91. The minimum Gasteiger partial charge on any atom is -0.397 e. The van der Waals surface area contributed by atoms with Crippen molar-refractivity contribution in [1.82, 2.24) is 4.90 Å². The van der Waals surface area contributed by atoms with Gasteiger partial charge in [0.2, 0.25) is 0 Å². The highest BCUT2D eigenvalue weighted by molar-refractivity contribution is 9.10. The molecule has 1 aromatic heterocycles. The fraction of sp³-hybridized carbons (Fsp3) is 0.400.